The Bertz CT molecular complexity index is 2130. The quantitative estimate of drug-likeness (QED) is 0.189. The van der Waals surface area contributed by atoms with Crippen LogP contribution in [0, 0.1) is 13.8 Å². The highest BCUT2D eigenvalue weighted by Gasteiger charge is 2.57. The molecule has 0 saturated carbocycles. The molecule has 7 rings (SSSR count). The molecule has 1 aliphatic heterocycles. The second-order valence-electron chi connectivity index (χ2n) is 14.4. The molecule has 2 aliphatic carbocycles. The Balaban J connectivity index is 1.47. The Morgan fingerprint density at radius 2 is 1.19 bits per heavy atom. The zero-order valence-electron chi connectivity index (χ0n) is 28.1. The van der Waals surface area contributed by atoms with Crippen molar-refractivity contribution < 1.29 is 40.5 Å². The number of hydrogen-bond acceptors (Lipinski definition) is 6. The first kappa shape index (κ1) is 32.4. The molecular formula is C38H37F3O6S. The van der Waals surface area contributed by atoms with E-state index in [0.29, 0.717) is 11.5 Å². The summed E-state index contributed by atoms with van der Waals surface area (Å²) >= 11 is 0. The van der Waals surface area contributed by atoms with Crippen LogP contribution >= 0.6 is 0 Å². The second-order valence-corrected chi connectivity index (χ2v) is 16.3. The van der Waals surface area contributed by atoms with Gasteiger partial charge >= 0.3 is 6.18 Å². The van der Waals surface area contributed by atoms with Gasteiger partial charge in [-0.15, -0.1) is 0 Å². The fourth-order valence-electron chi connectivity index (χ4n) is 8.51. The van der Waals surface area contributed by atoms with Gasteiger partial charge < -0.3 is 18.9 Å². The predicted molar refractivity (Wildman–Crippen MR) is 175 cm³/mol. The number of ether oxygens (including phenoxy) is 4. The molecule has 1 heterocycles. The van der Waals surface area contributed by atoms with E-state index in [1.807, 2.05) is 18.2 Å². The molecule has 0 fully saturated rings. The van der Waals surface area contributed by atoms with Crippen molar-refractivity contribution in [3.05, 3.63) is 93.5 Å². The molecule has 4 aromatic rings. The highest BCUT2D eigenvalue weighted by Crippen LogP contribution is 2.66. The predicted octanol–water partition coefficient (Wildman–Crippen LogP) is 9.72. The van der Waals surface area contributed by atoms with Gasteiger partial charge in [-0.25, -0.2) is 8.42 Å². The molecule has 0 bridgehead atoms. The van der Waals surface area contributed by atoms with Crippen LogP contribution in [0.4, 0.5) is 13.2 Å². The SMILES string of the molecule is COc1cc2c(cc1OC)C1(CC2(C)C)CC(C)(C)c2cc3c(cc21)Oc1c(c(S(=O)(=O)c2ccccc2)c(C)c(C)c1C(F)(F)F)O3. The minimum absolute atomic E-state index is 0.0495. The van der Waals surface area contributed by atoms with Crippen LogP contribution in [0.1, 0.15) is 79.5 Å². The van der Waals surface area contributed by atoms with Gasteiger partial charge in [0.15, 0.2) is 34.5 Å². The highest BCUT2D eigenvalue weighted by molar-refractivity contribution is 7.91. The van der Waals surface area contributed by atoms with Gasteiger partial charge in [0.05, 0.1) is 19.1 Å². The van der Waals surface area contributed by atoms with Crippen molar-refractivity contribution in [3.8, 4) is 34.5 Å². The molecule has 1 spiro atoms. The Morgan fingerprint density at radius 3 is 1.73 bits per heavy atom. The largest absolute Gasteiger partial charge is 0.493 e. The summed E-state index contributed by atoms with van der Waals surface area (Å²) in [5, 5.41) is 0. The van der Waals surface area contributed by atoms with E-state index in [2.05, 4.69) is 27.7 Å². The van der Waals surface area contributed by atoms with Gasteiger partial charge in [0.25, 0.3) is 0 Å². The van der Waals surface area contributed by atoms with Gasteiger partial charge in [0.2, 0.25) is 9.84 Å². The van der Waals surface area contributed by atoms with Gasteiger partial charge in [-0.1, -0.05) is 45.9 Å². The van der Waals surface area contributed by atoms with E-state index in [0.717, 1.165) is 35.1 Å². The molecule has 1 unspecified atom stereocenters. The van der Waals surface area contributed by atoms with Crippen molar-refractivity contribution in [2.75, 3.05) is 14.2 Å². The average molecular weight is 679 g/mol. The third-order valence-electron chi connectivity index (χ3n) is 10.5. The summed E-state index contributed by atoms with van der Waals surface area (Å²) < 4.78 is 96.3. The van der Waals surface area contributed by atoms with E-state index in [4.69, 9.17) is 18.9 Å². The smallest absolute Gasteiger partial charge is 0.420 e. The molecule has 0 N–H and O–H groups in total. The number of fused-ring (bicyclic) bond motifs is 6. The minimum atomic E-state index is -4.85. The minimum Gasteiger partial charge on any atom is -0.493 e. The molecule has 0 amide bonds. The molecule has 6 nitrogen and oxygen atoms in total. The molecule has 0 saturated heterocycles. The third kappa shape index (κ3) is 4.40. The number of sulfone groups is 1. The van der Waals surface area contributed by atoms with E-state index >= 15 is 0 Å². The van der Waals surface area contributed by atoms with Crippen molar-refractivity contribution in [3.63, 3.8) is 0 Å². The normalized spacial score (nSPS) is 19.9. The van der Waals surface area contributed by atoms with Crippen LogP contribution in [-0.2, 0) is 32.3 Å². The lowest BCUT2D eigenvalue weighted by atomic mass is 9.72. The van der Waals surface area contributed by atoms with Gasteiger partial charge in [0.1, 0.15) is 10.5 Å². The van der Waals surface area contributed by atoms with E-state index in [1.54, 1.807) is 38.5 Å². The van der Waals surface area contributed by atoms with E-state index < -0.39 is 38.5 Å². The zero-order valence-corrected chi connectivity index (χ0v) is 28.9. The Hall–Kier alpha value is -4.18. The number of methoxy groups -OCH3 is 2. The number of halogens is 3. The summed E-state index contributed by atoms with van der Waals surface area (Å²) in [6, 6.07) is 15.3. The Kier molecular flexibility index (Phi) is 6.86. The van der Waals surface area contributed by atoms with Crippen LogP contribution in [0.15, 0.2) is 64.4 Å². The summed E-state index contributed by atoms with van der Waals surface area (Å²) in [6.07, 6.45) is -3.39. The standard InChI is InChI=1S/C38H37F3O6S/c1-20-21(2)34(48(42,43)22-12-10-9-11-13-22)33-32(31(20)38(39,40)41)46-30-17-26-24(15-29(30)47-33)36(5,6)19-37(26)18-35(3,4)23-14-27(44-7)28(45-8)16-25(23)37/h9-17H,18-19H2,1-8H3. The third-order valence-corrected chi connectivity index (χ3v) is 12.5. The van der Waals surface area contributed by atoms with Crippen molar-refractivity contribution in [1.29, 1.82) is 0 Å². The average Bonchev–Trinajstić information content (AvgIpc) is 3.37. The maximum atomic E-state index is 14.8. The summed E-state index contributed by atoms with van der Waals surface area (Å²) in [5.41, 5.74) is 1.59. The molecule has 252 valence electrons. The van der Waals surface area contributed by atoms with Crippen molar-refractivity contribution >= 4 is 9.84 Å². The summed E-state index contributed by atoms with van der Waals surface area (Å²) in [7, 11) is -1.11. The van der Waals surface area contributed by atoms with Crippen LogP contribution in [0.2, 0.25) is 0 Å². The monoisotopic (exact) mass is 678 g/mol. The maximum Gasteiger partial charge on any atom is 0.420 e. The lowest BCUT2D eigenvalue weighted by Gasteiger charge is -2.32. The fourth-order valence-corrected chi connectivity index (χ4v) is 10.2. The van der Waals surface area contributed by atoms with Crippen molar-refractivity contribution in [2.24, 2.45) is 0 Å². The van der Waals surface area contributed by atoms with Gasteiger partial charge in [-0.3, -0.25) is 0 Å². The molecule has 10 heteroatoms. The number of benzene rings is 4. The van der Waals surface area contributed by atoms with E-state index in [-0.39, 0.29) is 43.2 Å². The van der Waals surface area contributed by atoms with E-state index in [9.17, 15) is 21.6 Å². The fraction of sp³-hybridized carbons (Fsp3) is 0.368. The molecule has 0 radical (unpaired) electrons. The molecule has 4 aromatic carbocycles. The summed E-state index contributed by atoms with van der Waals surface area (Å²) in [4.78, 5) is -0.404. The molecular weight excluding hydrogens is 641 g/mol. The van der Waals surface area contributed by atoms with Crippen molar-refractivity contribution in [2.45, 2.75) is 86.6 Å². The lowest BCUT2D eigenvalue weighted by molar-refractivity contribution is -0.139. The molecule has 48 heavy (non-hydrogen) atoms. The second kappa shape index (κ2) is 10.2. The lowest BCUT2D eigenvalue weighted by Crippen LogP contribution is -2.27. The van der Waals surface area contributed by atoms with Crippen molar-refractivity contribution in [1.82, 2.24) is 0 Å². The molecule has 0 aromatic heterocycles. The first-order valence-electron chi connectivity index (χ1n) is 15.7. The van der Waals surface area contributed by atoms with Crippen LogP contribution in [0.3, 0.4) is 0 Å². The van der Waals surface area contributed by atoms with Crippen LogP contribution in [0.5, 0.6) is 34.5 Å². The summed E-state index contributed by atoms with van der Waals surface area (Å²) in [6.45, 7) is 11.3. The number of rotatable bonds is 4. The first-order chi connectivity index (χ1) is 22.4. The summed E-state index contributed by atoms with van der Waals surface area (Å²) in [5.74, 6) is 0.371. The van der Waals surface area contributed by atoms with Gasteiger partial charge in [-0.2, -0.15) is 13.2 Å². The highest BCUT2D eigenvalue weighted by atomic mass is 32.2. The van der Waals surface area contributed by atoms with Crippen LogP contribution in [-0.4, -0.2) is 22.6 Å². The first-order valence-corrected chi connectivity index (χ1v) is 17.2. The van der Waals surface area contributed by atoms with Crippen LogP contribution in [0.25, 0.3) is 0 Å². The zero-order chi connectivity index (χ0) is 34.8. The number of hydrogen-bond donors (Lipinski definition) is 0. The maximum absolute atomic E-state index is 14.8. The van der Waals surface area contributed by atoms with Gasteiger partial charge in [-0.05, 0) is 107 Å². The van der Waals surface area contributed by atoms with Gasteiger partial charge in [0, 0.05) is 5.41 Å². The Labute approximate surface area is 278 Å². The topological polar surface area (TPSA) is 71.1 Å². The molecule has 3 aliphatic rings. The number of alkyl halides is 3. The van der Waals surface area contributed by atoms with Crippen LogP contribution < -0.4 is 18.9 Å². The molecule has 1 atom stereocenters. The van der Waals surface area contributed by atoms with E-state index in [1.165, 1.54) is 26.0 Å². The Morgan fingerprint density at radius 1 is 0.708 bits per heavy atom.